The quantitative estimate of drug-likeness (QED) is 0.648. The number of hydrogen-bond acceptors (Lipinski definition) is 6. The van der Waals surface area contributed by atoms with Crippen molar-refractivity contribution in [1.82, 2.24) is 19.5 Å². The number of fused-ring (bicyclic) bond motifs is 1. The number of ether oxygens (including phenoxy) is 1. The summed E-state index contributed by atoms with van der Waals surface area (Å²) in [5.41, 5.74) is 6.78. The Hall–Kier alpha value is -3.02. The van der Waals surface area contributed by atoms with E-state index in [1.165, 1.54) is 0 Å². The van der Waals surface area contributed by atoms with Crippen LogP contribution in [0.15, 0.2) is 24.7 Å². The van der Waals surface area contributed by atoms with Crippen molar-refractivity contribution in [3.63, 3.8) is 0 Å². The molecule has 5 rings (SSSR count). The highest BCUT2D eigenvalue weighted by Crippen LogP contribution is 2.39. The van der Waals surface area contributed by atoms with E-state index in [1.54, 1.807) is 13.1 Å². The summed E-state index contributed by atoms with van der Waals surface area (Å²) in [5.74, 6) is 5.60. The Labute approximate surface area is 173 Å². The van der Waals surface area contributed by atoms with Crippen LogP contribution in [0.25, 0.3) is 22.2 Å². The zero-order valence-corrected chi connectivity index (χ0v) is 16.6. The molecule has 3 aromatic heterocycles. The van der Waals surface area contributed by atoms with Crippen LogP contribution in [0.3, 0.4) is 0 Å². The molecule has 0 spiro atoms. The second kappa shape index (κ2) is 7.04. The lowest BCUT2D eigenvalue weighted by atomic mass is 10.0. The van der Waals surface area contributed by atoms with E-state index in [-0.39, 0.29) is 23.6 Å². The molecule has 0 bridgehead atoms. The number of aliphatic hydroxyl groups is 1. The summed E-state index contributed by atoms with van der Waals surface area (Å²) in [6, 6.07) is 1.95. The molecule has 154 valence electrons. The first-order valence-electron chi connectivity index (χ1n) is 10.0. The topological polar surface area (TPSA) is 99.1 Å². The van der Waals surface area contributed by atoms with Crippen molar-refractivity contribution < 1.29 is 14.2 Å². The fraction of sp³-hybridized carbons (Fsp3) is 0.409. The Morgan fingerprint density at radius 2 is 2.13 bits per heavy atom. The number of nitrogen functional groups attached to an aromatic ring is 1. The van der Waals surface area contributed by atoms with E-state index in [2.05, 4.69) is 31.4 Å². The maximum absolute atomic E-state index is 14.6. The molecule has 4 heterocycles. The van der Waals surface area contributed by atoms with Gasteiger partial charge in [0.1, 0.15) is 17.0 Å². The van der Waals surface area contributed by atoms with Crippen molar-refractivity contribution in [2.45, 2.75) is 37.8 Å². The van der Waals surface area contributed by atoms with Crippen LogP contribution >= 0.6 is 0 Å². The van der Waals surface area contributed by atoms with Gasteiger partial charge in [0.05, 0.1) is 30.6 Å². The van der Waals surface area contributed by atoms with E-state index in [1.807, 2.05) is 12.3 Å². The van der Waals surface area contributed by atoms with Crippen molar-refractivity contribution in [3.05, 3.63) is 36.2 Å². The first-order chi connectivity index (χ1) is 14.4. The van der Waals surface area contributed by atoms with E-state index < -0.39 is 11.4 Å². The smallest absolute Gasteiger partial charge is 0.220 e. The van der Waals surface area contributed by atoms with Crippen LogP contribution in [0.1, 0.15) is 37.9 Å². The predicted molar refractivity (Wildman–Crippen MR) is 110 cm³/mol. The van der Waals surface area contributed by atoms with Crippen LogP contribution in [-0.4, -0.2) is 43.4 Å². The normalized spacial score (nSPS) is 20.7. The Balaban J connectivity index is 1.65. The van der Waals surface area contributed by atoms with E-state index in [0.717, 1.165) is 36.4 Å². The summed E-state index contributed by atoms with van der Waals surface area (Å²) < 4.78 is 22.2. The van der Waals surface area contributed by atoms with E-state index in [4.69, 9.17) is 10.5 Å². The number of halogens is 1. The van der Waals surface area contributed by atoms with Gasteiger partial charge >= 0.3 is 0 Å². The number of anilines is 1. The zero-order valence-electron chi connectivity index (χ0n) is 16.6. The molecule has 3 N–H and O–H groups in total. The van der Waals surface area contributed by atoms with Crippen LogP contribution in [0.4, 0.5) is 10.3 Å². The van der Waals surface area contributed by atoms with Crippen molar-refractivity contribution in [2.24, 2.45) is 5.92 Å². The minimum atomic E-state index is -1.03. The number of nitrogens with zero attached hydrogens (tertiary/aromatic N) is 4. The number of pyridine rings is 1. The average molecular weight is 407 g/mol. The Kier molecular flexibility index (Phi) is 4.45. The highest BCUT2D eigenvalue weighted by atomic mass is 19.1. The van der Waals surface area contributed by atoms with E-state index >= 15 is 0 Å². The lowest BCUT2D eigenvalue weighted by Gasteiger charge is -2.14. The molecule has 0 amide bonds. The summed E-state index contributed by atoms with van der Waals surface area (Å²) in [6.45, 7) is 3.00. The molecule has 2 fully saturated rings. The lowest BCUT2D eigenvalue weighted by molar-refractivity contribution is 0.0980. The maximum atomic E-state index is 14.6. The van der Waals surface area contributed by atoms with Gasteiger partial charge in [-0.1, -0.05) is 5.92 Å². The molecule has 2 unspecified atom stereocenters. The third-order valence-corrected chi connectivity index (χ3v) is 5.85. The van der Waals surface area contributed by atoms with Crippen LogP contribution in [-0.2, 0) is 4.74 Å². The summed E-state index contributed by atoms with van der Waals surface area (Å²) in [5, 5.41) is 11.2. The molecule has 0 radical (unpaired) electrons. The SMILES string of the molecule is CC(O)(C#Cc1cc2c(-c3nc(N)ncc3F)cn(C3CCOC3)c2cn1)C1CC1. The molecule has 1 aliphatic heterocycles. The minimum Gasteiger partial charge on any atom is -0.379 e. The largest absolute Gasteiger partial charge is 0.379 e. The van der Waals surface area contributed by atoms with Crippen LogP contribution in [0, 0.1) is 23.6 Å². The second-order valence-corrected chi connectivity index (χ2v) is 8.15. The Bertz CT molecular complexity index is 1180. The first-order valence-corrected chi connectivity index (χ1v) is 10.0. The number of rotatable bonds is 3. The molecule has 7 nitrogen and oxygen atoms in total. The molecule has 1 saturated carbocycles. The third-order valence-electron chi connectivity index (χ3n) is 5.85. The molecule has 1 aliphatic carbocycles. The fourth-order valence-electron chi connectivity index (χ4n) is 3.96. The molecule has 8 heteroatoms. The monoisotopic (exact) mass is 407 g/mol. The van der Waals surface area contributed by atoms with Crippen molar-refractivity contribution in [3.8, 4) is 23.1 Å². The van der Waals surface area contributed by atoms with Gasteiger partial charge in [-0.2, -0.15) is 0 Å². The van der Waals surface area contributed by atoms with Crippen molar-refractivity contribution in [1.29, 1.82) is 0 Å². The first kappa shape index (κ1) is 19.0. The van der Waals surface area contributed by atoms with Gasteiger partial charge in [-0.15, -0.1) is 0 Å². The van der Waals surface area contributed by atoms with Crippen LogP contribution in [0.2, 0.25) is 0 Å². The molecule has 2 atom stereocenters. The highest BCUT2D eigenvalue weighted by molar-refractivity contribution is 5.95. The number of nitrogens with two attached hydrogens (primary N) is 1. The van der Waals surface area contributed by atoms with Crippen molar-refractivity contribution in [2.75, 3.05) is 18.9 Å². The van der Waals surface area contributed by atoms with Gasteiger partial charge in [-0.05, 0) is 44.1 Å². The average Bonchev–Trinajstić information content (AvgIpc) is 3.34. The molecular weight excluding hydrogens is 385 g/mol. The molecule has 1 saturated heterocycles. The summed E-state index contributed by atoms with van der Waals surface area (Å²) in [7, 11) is 0. The van der Waals surface area contributed by atoms with Gasteiger partial charge in [-0.25, -0.2) is 19.3 Å². The van der Waals surface area contributed by atoms with Gasteiger partial charge in [-0.3, -0.25) is 0 Å². The molecule has 30 heavy (non-hydrogen) atoms. The Morgan fingerprint density at radius 1 is 1.30 bits per heavy atom. The standard InChI is InChI=1S/C22H22FN5O2/c1-22(29,13-2-3-13)6-4-14-8-16-17(20-18(23)9-26-21(24)27-20)11-28(19(16)10-25-14)15-5-7-30-12-15/h8-11,13,15,29H,2-3,5,7,12H2,1H3,(H2,24,26,27). The maximum Gasteiger partial charge on any atom is 0.220 e. The third kappa shape index (κ3) is 3.40. The summed E-state index contributed by atoms with van der Waals surface area (Å²) in [6.07, 6.45) is 7.51. The molecule has 0 aromatic carbocycles. The van der Waals surface area contributed by atoms with Gasteiger partial charge in [0.15, 0.2) is 5.82 Å². The van der Waals surface area contributed by atoms with Gasteiger partial charge in [0.2, 0.25) is 5.95 Å². The van der Waals surface area contributed by atoms with E-state index in [9.17, 15) is 9.50 Å². The minimum absolute atomic E-state index is 0.00560. The Morgan fingerprint density at radius 3 is 2.87 bits per heavy atom. The lowest BCUT2D eigenvalue weighted by Crippen LogP contribution is -2.24. The van der Waals surface area contributed by atoms with Crippen molar-refractivity contribution >= 4 is 16.9 Å². The predicted octanol–water partition coefficient (Wildman–Crippen LogP) is 2.69. The molecular formula is C22H22FN5O2. The summed E-state index contributed by atoms with van der Waals surface area (Å²) >= 11 is 0. The number of hydrogen-bond donors (Lipinski definition) is 2. The molecule has 2 aliphatic rings. The molecule has 3 aromatic rings. The van der Waals surface area contributed by atoms with Crippen LogP contribution in [0.5, 0.6) is 0 Å². The number of aromatic nitrogens is 4. The van der Waals surface area contributed by atoms with E-state index in [0.29, 0.717) is 24.5 Å². The summed E-state index contributed by atoms with van der Waals surface area (Å²) in [4.78, 5) is 12.3. The second-order valence-electron chi connectivity index (χ2n) is 8.15. The highest BCUT2D eigenvalue weighted by Gasteiger charge is 2.38. The fourth-order valence-corrected chi connectivity index (χ4v) is 3.96. The zero-order chi connectivity index (χ0) is 20.9. The van der Waals surface area contributed by atoms with Gasteiger partial charge in [0.25, 0.3) is 0 Å². The van der Waals surface area contributed by atoms with Gasteiger partial charge < -0.3 is 20.1 Å². The van der Waals surface area contributed by atoms with Crippen LogP contribution < -0.4 is 5.73 Å². The van der Waals surface area contributed by atoms with Gasteiger partial charge in [0, 0.05) is 23.8 Å².